The highest BCUT2D eigenvalue weighted by molar-refractivity contribution is 7.86. The number of hydrogen-bond donors (Lipinski definition) is 2. The van der Waals surface area contributed by atoms with E-state index in [4.69, 9.17) is 10.5 Å². The van der Waals surface area contributed by atoms with Crippen molar-refractivity contribution < 1.29 is 31.7 Å². The molecule has 1 aliphatic rings. The van der Waals surface area contributed by atoms with Crippen LogP contribution in [0.3, 0.4) is 0 Å². The SMILES string of the molecule is Nc1c(S(=O)(=O)[O-])cc(Nc2ccc(Oc3ccc(F)cc3)cc2)c2c1C(=O)c1ccccc1C2=O. The summed E-state index contributed by atoms with van der Waals surface area (Å²) in [5.41, 5.74) is 5.45. The Labute approximate surface area is 204 Å². The maximum Gasteiger partial charge on any atom is 0.196 e. The van der Waals surface area contributed by atoms with Gasteiger partial charge in [-0.25, -0.2) is 12.8 Å². The highest BCUT2D eigenvalue weighted by Gasteiger charge is 2.35. The first-order chi connectivity index (χ1) is 17.1. The Kier molecular flexibility index (Phi) is 5.54. The van der Waals surface area contributed by atoms with Gasteiger partial charge in [0.25, 0.3) is 0 Å². The van der Waals surface area contributed by atoms with E-state index < -0.39 is 38.1 Å². The van der Waals surface area contributed by atoms with Gasteiger partial charge in [-0.3, -0.25) is 9.59 Å². The van der Waals surface area contributed by atoms with Gasteiger partial charge in [0, 0.05) is 16.8 Å². The van der Waals surface area contributed by atoms with Crippen LogP contribution in [0.1, 0.15) is 31.8 Å². The van der Waals surface area contributed by atoms with E-state index in [9.17, 15) is 27.0 Å². The monoisotopic (exact) mass is 503 g/mol. The Bertz CT molecular complexity index is 1650. The predicted octanol–water partition coefficient (Wildman–Crippen LogP) is 4.62. The van der Waals surface area contributed by atoms with Crippen LogP contribution in [0.5, 0.6) is 11.5 Å². The van der Waals surface area contributed by atoms with Crippen LogP contribution in [-0.2, 0) is 10.1 Å². The van der Waals surface area contributed by atoms with Gasteiger partial charge in [-0.15, -0.1) is 0 Å². The maximum absolute atomic E-state index is 13.3. The Morgan fingerprint density at radius 1 is 0.806 bits per heavy atom. The van der Waals surface area contributed by atoms with E-state index in [0.29, 0.717) is 17.2 Å². The Hall–Kier alpha value is -4.54. The molecule has 180 valence electrons. The van der Waals surface area contributed by atoms with Crippen molar-refractivity contribution >= 4 is 38.7 Å². The second-order valence-corrected chi connectivity index (χ2v) is 9.30. The fourth-order valence-corrected chi connectivity index (χ4v) is 4.63. The minimum atomic E-state index is -5.07. The van der Waals surface area contributed by atoms with Crippen molar-refractivity contribution in [3.63, 3.8) is 0 Å². The van der Waals surface area contributed by atoms with Crippen LogP contribution in [0.25, 0.3) is 0 Å². The first-order valence-corrected chi connectivity index (χ1v) is 12.0. The molecule has 36 heavy (non-hydrogen) atoms. The molecular formula is C26H16FN2O6S-. The molecule has 0 heterocycles. The van der Waals surface area contributed by atoms with Crippen LogP contribution in [0.2, 0.25) is 0 Å². The predicted molar refractivity (Wildman–Crippen MR) is 128 cm³/mol. The summed E-state index contributed by atoms with van der Waals surface area (Å²) in [6, 6.07) is 18.8. The van der Waals surface area contributed by atoms with Crippen molar-refractivity contribution in [1.29, 1.82) is 0 Å². The third kappa shape index (κ3) is 4.08. The van der Waals surface area contributed by atoms with Gasteiger partial charge < -0.3 is 20.3 Å². The van der Waals surface area contributed by atoms with Crippen LogP contribution >= 0.6 is 0 Å². The van der Waals surface area contributed by atoms with E-state index in [-0.39, 0.29) is 27.9 Å². The lowest BCUT2D eigenvalue weighted by molar-refractivity contribution is 0.0980. The van der Waals surface area contributed by atoms with Crippen molar-refractivity contribution in [3.05, 3.63) is 107 Å². The minimum absolute atomic E-state index is 0.0614. The zero-order valence-corrected chi connectivity index (χ0v) is 19.1. The fraction of sp³-hybridized carbons (Fsp3) is 0. The van der Waals surface area contributed by atoms with Crippen molar-refractivity contribution in [3.8, 4) is 11.5 Å². The molecule has 0 saturated heterocycles. The summed E-state index contributed by atoms with van der Waals surface area (Å²) in [5, 5.41) is 2.92. The zero-order valence-electron chi connectivity index (χ0n) is 18.3. The Morgan fingerprint density at radius 2 is 1.33 bits per heavy atom. The van der Waals surface area contributed by atoms with E-state index in [2.05, 4.69) is 5.32 Å². The number of halogens is 1. The minimum Gasteiger partial charge on any atom is -0.744 e. The van der Waals surface area contributed by atoms with Crippen LogP contribution in [0.4, 0.5) is 21.5 Å². The van der Waals surface area contributed by atoms with Gasteiger partial charge in [-0.2, -0.15) is 0 Å². The van der Waals surface area contributed by atoms with Crippen molar-refractivity contribution in [2.75, 3.05) is 11.1 Å². The van der Waals surface area contributed by atoms with Gasteiger partial charge in [0.2, 0.25) is 0 Å². The van der Waals surface area contributed by atoms with E-state index in [0.717, 1.165) is 6.07 Å². The van der Waals surface area contributed by atoms with Gasteiger partial charge in [0.15, 0.2) is 11.6 Å². The van der Waals surface area contributed by atoms with Crippen molar-refractivity contribution in [2.45, 2.75) is 4.90 Å². The number of fused-ring (bicyclic) bond motifs is 2. The van der Waals surface area contributed by atoms with E-state index in [1.54, 1.807) is 36.4 Å². The summed E-state index contributed by atoms with van der Waals surface area (Å²) in [7, 11) is -5.07. The number of nitrogen functional groups attached to an aromatic ring is 1. The van der Waals surface area contributed by atoms with Gasteiger partial charge in [-0.05, 0) is 54.6 Å². The normalized spacial score (nSPS) is 12.6. The van der Waals surface area contributed by atoms with Gasteiger partial charge >= 0.3 is 0 Å². The number of anilines is 3. The summed E-state index contributed by atoms with van der Waals surface area (Å²) in [6.07, 6.45) is 0. The second kappa shape index (κ2) is 8.59. The lowest BCUT2D eigenvalue weighted by atomic mass is 9.82. The summed E-state index contributed by atoms with van der Waals surface area (Å²) >= 11 is 0. The number of benzene rings is 4. The van der Waals surface area contributed by atoms with Gasteiger partial charge in [0.1, 0.15) is 27.4 Å². The molecule has 0 unspecified atom stereocenters. The van der Waals surface area contributed by atoms with Crippen LogP contribution in [0, 0.1) is 5.82 Å². The first-order valence-electron chi connectivity index (χ1n) is 10.5. The van der Waals surface area contributed by atoms with Crippen LogP contribution in [-0.4, -0.2) is 24.5 Å². The molecule has 0 aromatic heterocycles. The number of hydrogen-bond acceptors (Lipinski definition) is 8. The summed E-state index contributed by atoms with van der Waals surface area (Å²) < 4.78 is 54.5. The molecule has 5 rings (SSSR count). The molecule has 4 aromatic carbocycles. The molecule has 0 atom stereocenters. The quantitative estimate of drug-likeness (QED) is 0.262. The second-order valence-electron chi connectivity index (χ2n) is 7.95. The molecule has 0 fully saturated rings. The fourth-order valence-electron chi connectivity index (χ4n) is 4.00. The molecule has 3 N–H and O–H groups in total. The van der Waals surface area contributed by atoms with Crippen LogP contribution < -0.4 is 15.8 Å². The van der Waals surface area contributed by atoms with Gasteiger partial charge in [0.05, 0.1) is 27.4 Å². The number of ether oxygens (including phenoxy) is 1. The number of carbonyl (C=O) groups excluding carboxylic acids is 2. The highest BCUT2D eigenvalue weighted by atomic mass is 32.2. The number of nitrogens with two attached hydrogens (primary N) is 1. The topological polar surface area (TPSA) is 139 Å². The van der Waals surface area contributed by atoms with E-state index in [1.807, 2.05) is 0 Å². The van der Waals surface area contributed by atoms with Crippen LogP contribution in [0.15, 0.2) is 83.8 Å². The molecule has 0 saturated carbocycles. The zero-order chi connectivity index (χ0) is 25.6. The molecule has 0 radical (unpaired) electrons. The number of nitrogens with one attached hydrogen (secondary N) is 1. The average molecular weight is 503 g/mol. The number of ketones is 2. The largest absolute Gasteiger partial charge is 0.744 e. The van der Waals surface area contributed by atoms with Gasteiger partial charge in [-0.1, -0.05) is 24.3 Å². The molecule has 0 spiro atoms. The molecule has 4 aromatic rings. The molecular weight excluding hydrogens is 487 g/mol. The highest BCUT2D eigenvalue weighted by Crippen LogP contribution is 2.40. The maximum atomic E-state index is 13.3. The molecule has 8 nitrogen and oxygen atoms in total. The summed E-state index contributed by atoms with van der Waals surface area (Å²) in [5.74, 6) is -0.758. The van der Waals surface area contributed by atoms with Crippen molar-refractivity contribution in [2.24, 2.45) is 0 Å². The lowest BCUT2D eigenvalue weighted by Crippen LogP contribution is -2.25. The molecule has 1 aliphatic carbocycles. The molecule has 0 bridgehead atoms. The number of rotatable bonds is 5. The standard InChI is InChI=1S/C26H17FN2O6S/c27-14-5-9-16(10-6-14)35-17-11-7-15(8-12-17)29-20-13-21(36(32,33)34)24(28)23-22(20)25(30)18-3-1-2-4-19(18)26(23)31/h1-13,29H,28H2,(H,32,33,34)/p-1. The van der Waals surface area contributed by atoms with E-state index >= 15 is 0 Å². The molecule has 10 heteroatoms. The first kappa shape index (κ1) is 23.2. The average Bonchev–Trinajstić information content (AvgIpc) is 2.85. The number of carbonyl (C=O) groups is 2. The molecule has 0 aliphatic heterocycles. The lowest BCUT2D eigenvalue weighted by Gasteiger charge is -2.25. The summed E-state index contributed by atoms with van der Waals surface area (Å²) in [6.45, 7) is 0. The summed E-state index contributed by atoms with van der Waals surface area (Å²) in [4.78, 5) is 25.7. The Morgan fingerprint density at radius 3 is 1.89 bits per heavy atom. The molecule has 0 amide bonds. The van der Waals surface area contributed by atoms with E-state index in [1.165, 1.54) is 36.4 Å². The third-order valence-corrected chi connectivity index (χ3v) is 6.53. The third-order valence-electron chi connectivity index (χ3n) is 5.65. The Balaban J connectivity index is 1.56. The van der Waals surface area contributed by atoms with Crippen molar-refractivity contribution in [1.82, 2.24) is 0 Å². The smallest absolute Gasteiger partial charge is 0.196 e.